The van der Waals surface area contributed by atoms with Crippen LogP contribution in [0, 0.1) is 6.07 Å². The summed E-state index contributed by atoms with van der Waals surface area (Å²) in [6.45, 7) is 1.17. The largest absolute Gasteiger partial charge is 2.00 e. The van der Waals surface area contributed by atoms with Crippen LogP contribution in [0.25, 0.3) is 5.69 Å². The van der Waals surface area contributed by atoms with Crippen LogP contribution in [0.15, 0.2) is 42.9 Å². The Balaban J connectivity index is 0.000000342. The number of carbonyl (C=O) groups is 1. The van der Waals surface area contributed by atoms with Crippen molar-refractivity contribution >= 4 is 5.78 Å². The molecule has 0 aliphatic heterocycles. The van der Waals surface area contributed by atoms with Crippen LogP contribution >= 0.6 is 0 Å². The first-order valence-electron chi connectivity index (χ1n) is 8.01. The van der Waals surface area contributed by atoms with Crippen LogP contribution in [-0.2, 0) is 39.6 Å². The fraction of sp³-hybridized carbons (Fsp3) is 0.222. The molecule has 0 radical (unpaired) electrons. The molecule has 0 fully saturated rings. The number of benzene rings is 1. The van der Waals surface area contributed by atoms with Crippen molar-refractivity contribution < 1.29 is 65.4 Å². The second-order valence-corrected chi connectivity index (χ2v) is 5.91. The number of halogens is 9. The zero-order valence-corrected chi connectivity index (χ0v) is 17.8. The summed E-state index contributed by atoms with van der Waals surface area (Å²) in [5.74, 6) is -0.467. The second-order valence-electron chi connectivity index (χ2n) is 5.91. The van der Waals surface area contributed by atoms with Crippen molar-refractivity contribution in [2.45, 2.75) is 25.5 Å². The minimum Gasteiger partial charge on any atom is -0.661 e. The summed E-state index contributed by atoms with van der Waals surface area (Å²) in [5, 5.41) is 3.58. The summed E-state index contributed by atoms with van der Waals surface area (Å²) >= 11 is 0. The Morgan fingerprint density at radius 1 is 0.938 bits per heavy atom. The SMILES string of the molecule is CC(=O)c1cc(C(F)(F)F)c[n-]1.FC(F)(F)c1[c-]c(-n2cccn2)cc(C(F)(F)F)c1.[Pt+2]. The van der Waals surface area contributed by atoms with Crippen molar-refractivity contribution in [3.63, 3.8) is 0 Å². The van der Waals surface area contributed by atoms with Crippen molar-refractivity contribution in [1.29, 1.82) is 0 Å². The van der Waals surface area contributed by atoms with Crippen LogP contribution in [-0.4, -0.2) is 15.6 Å². The van der Waals surface area contributed by atoms with E-state index in [1.807, 2.05) is 6.07 Å². The van der Waals surface area contributed by atoms with E-state index in [1.54, 1.807) is 0 Å². The summed E-state index contributed by atoms with van der Waals surface area (Å²) < 4.78 is 112. The Bertz CT molecular complexity index is 1000. The third-order valence-corrected chi connectivity index (χ3v) is 3.56. The maximum absolute atomic E-state index is 12.6. The van der Waals surface area contributed by atoms with Gasteiger partial charge in [0.1, 0.15) is 5.78 Å². The molecule has 4 nitrogen and oxygen atoms in total. The first-order chi connectivity index (χ1) is 14.1. The van der Waals surface area contributed by atoms with Crippen molar-refractivity contribution in [3.05, 3.63) is 71.3 Å². The molecule has 3 aromatic rings. The molecule has 0 bridgehead atoms. The molecule has 2 aromatic heterocycles. The number of hydrogen-bond donors (Lipinski definition) is 0. The van der Waals surface area contributed by atoms with Crippen molar-refractivity contribution in [2.24, 2.45) is 0 Å². The third kappa shape index (κ3) is 7.25. The molecular formula is C18H10F9N3OPt. The fourth-order valence-electron chi connectivity index (χ4n) is 2.11. The number of alkyl halides is 9. The molecule has 0 aliphatic rings. The van der Waals surface area contributed by atoms with Gasteiger partial charge < -0.3 is 4.98 Å². The number of hydrogen-bond acceptors (Lipinski definition) is 2. The van der Waals surface area contributed by atoms with Gasteiger partial charge >= 0.3 is 39.6 Å². The Morgan fingerprint density at radius 3 is 1.91 bits per heavy atom. The van der Waals surface area contributed by atoms with Gasteiger partial charge in [-0.3, -0.25) is 9.48 Å². The quantitative estimate of drug-likeness (QED) is 0.207. The maximum atomic E-state index is 12.6. The van der Waals surface area contributed by atoms with E-state index < -0.39 is 46.7 Å². The number of aromatic nitrogens is 3. The van der Waals surface area contributed by atoms with Gasteiger partial charge in [-0.2, -0.15) is 50.8 Å². The molecule has 0 N–H and O–H groups in total. The third-order valence-electron chi connectivity index (χ3n) is 3.56. The second kappa shape index (κ2) is 9.93. The van der Waals surface area contributed by atoms with Crippen molar-refractivity contribution in [1.82, 2.24) is 14.8 Å². The van der Waals surface area contributed by atoms with Crippen LogP contribution in [0.3, 0.4) is 0 Å². The number of nitrogens with zero attached hydrogens (tertiary/aromatic N) is 3. The van der Waals surface area contributed by atoms with E-state index in [0.717, 1.165) is 10.7 Å². The fourth-order valence-corrected chi connectivity index (χ4v) is 2.11. The standard InChI is InChI=1S/C11H5F6N2.C7H6F3NO.Pt/c12-10(13,14)7-4-8(11(15,16)17)6-9(5-7)19-3-1-2-18-19;1-4(12)6-2-5(3-11-6)7(8,9)10;/h1-5H;2-3H,1H3,(H,11,12);/q-1;;+2/p-1. The Morgan fingerprint density at radius 2 is 1.53 bits per heavy atom. The number of Topliss-reactive ketones (excluding diaryl/α,β-unsaturated/α-hetero) is 1. The first-order valence-corrected chi connectivity index (χ1v) is 8.01. The van der Waals surface area contributed by atoms with Gasteiger partial charge in [-0.25, -0.2) is 0 Å². The molecule has 0 amide bonds. The van der Waals surface area contributed by atoms with Gasteiger partial charge in [-0.15, -0.1) is 18.2 Å². The van der Waals surface area contributed by atoms with Gasteiger partial charge in [0.15, 0.2) is 0 Å². The Kier molecular flexibility index (Phi) is 8.52. The van der Waals surface area contributed by atoms with E-state index in [4.69, 9.17) is 0 Å². The van der Waals surface area contributed by atoms with Gasteiger partial charge in [0.05, 0.1) is 0 Å². The normalized spacial score (nSPS) is 11.9. The molecule has 0 atom stereocenters. The summed E-state index contributed by atoms with van der Waals surface area (Å²) in [6.07, 6.45) is -11.1. The molecular weight excluding hydrogens is 640 g/mol. The van der Waals surface area contributed by atoms with Crippen molar-refractivity contribution in [3.8, 4) is 5.69 Å². The summed E-state index contributed by atoms with van der Waals surface area (Å²) in [7, 11) is 0. The average molecular weight is 650 g/mol. The van der Waals surface area contributed by atoms with E-state index in [0.29, 0.717) is 12.3 Å². The summed E-state index contributed by atoms with van der Waals surface area (Å²) in [6, 6.07) is 4.57. The predicted octanol–water partition coefficient (Wildman–Crippen LogP) is 5.57. The van der Waals surface area contributed by atoms with E-state index in [9.17, 15) is 44.3 Å². The molecule has 176 valence electrons. The van der Waals surface area contributed by atoms with Crippen LogP contribution in [0.2, 0.25) is 0 Å². The average Bonchev–Trinajstić information content (AvgIpc) is 3.32. The van der Waals surface area contributed by atoms with Gasteiger partial charge in [-0.1, -0.05) is 22.9 Å². The summed E-state index contributed by atoms with van der Waals surface area (Å²) in [5.41, 5.74) is -4.35. The Hall–Kier alpha value is -2.56. The van der Waals surface area contributed by atoms with Crippen LogP contribution in [0.5, 0.6) is 0 Å². The van der Waals surface area contributed by atoms with Gasteiger partial charge in [0, 0.05) is 18.0 Å². The zero-order valence-electron chi connectivity index (χ0n) is 15.5. The number of rotatable bonds is 2. The Labute approximate surface area is 188 Å². The van der Waals surface area contributed by atoms with E-state index in [-0.39, 0.29) is 32.8 Å². The molecule has 32 heavy (non-hydrogen) atoms. The molecule has 3 rings (SSSR count). The molecule has 2 heterocycles. The topological polar surface area (TPSA) is 49.0 Å². The van der Waals surface area contributed by atoms with Crippen LogP contribution in [0.1, 0.15) is 34.1 Å². The number of ketones is 1. The summed E-state index contributed by atoms with van der Waals surface area (Å²) in [4.78, 5) is 13.9. The van der Waals surface area contributed by atoms with Gasteiger partial charge in [0.25, 0.3) is 0 Å². The smallest absolute Gasteiger partial charge is 0.661 e. The predicted molar refractivity (Wildman–Crippen MR) is 87.2 cm³/mol. The molecule has 0 unspecified atom stereocenters. The monoisotopic (exact) mass is 650 g/mol. The van der Waals surface area contributed by atoms with Crippen LogP contribution < -0.4 is 4.98 Å². The molecule has 0 saturated carbocycles. The molecule has 0 aliphatic carbocycles. The van der Waals surface area contributed by atoms with E-state index in [2.05, 4.69) is 10.1 Å². The molecule has 14 heteroatoms. The minimum absolute atomic E-state index is 0. The van der Waals surface area contributed by atoms with E-state index >= 15 is 0 Å². The molecule has 1 aromatic carbocycles. The van der Waals surface area contributed by atoms with Gasteiger partial charge in [0.2, 0.25) is 0 Å². The number of carbonyl (C=O) groups excluding carboxylic acids is 1. The van der Waals surface area contributed by atoms with E-state index in [1.165, 1.54) is 25.4 Å². The minimum atomic E-state index is -4.91. The van der Waals surface area contributed by atoms with Crippen LogP contribution in [0.4, 0.5) is 39.5 Å². The first kappa shape index (κ1) is 27.5. The molecule has 0 spiro atoms. The van der Waals surface area contributed by atoms with Crippen molar-refractivity contribution in [2.75, 3.05) is 0 Å². The molecule has 0 saturated heterocycles. The van der Waals surface area contributed by atoms with Gasteiger partial charge in [-0.05, 0) is 18.7 Å². The maximum Gasteiger partial charge on any atom is 2.00 e. The zero-order chi connectivity index (χ0) is 23.6.